The number of nitrogens with zero attached hydrogens (tertiary/aromatic N) is 1. The molecule has 1 aliphatic carbocycles. The molecule has 0 aromatic heterocycles. The van der Waals surface area contributed by atoms with Gasteiger partial charge in [-0.2, -0.15) is 0 Å². The number of carbonyl (C=O) groups is 2. The molecule has 5 nitrogen and oxygen atoms in total. The van der Waals surface area contributed by atoms with Crippen molar-refractivity contribution >= 4 is 11.9 Å². The molecule has 1 amide bonds. The monoisotopic (exact) mass is 257 g/mol. The van der Waals surface area contributed by atoms with Crippen LogP contribution in [0.1, 0.15) is 39.0 Å². The van der Waals surface area contributed by atoms with Crippen LogP contribution in [0.25, 0.3) is 0 Å². The van der Waals surface area contributed by atoms with Crippen LogP contribution in [-0.4, -0.2) is 46.7 Å². The molecule has 1 aliphatic rings. The highest BCUT2D eigenvalue weighted by molar-refractivity contribution is 5.80. The topological polar surface area (TPSA) is 77.8 Å². The zero-order valence-electron chi connectivity index (χ0n) is 11.0. The summed E-state index contributed by atoms with van der Waals surface area (Å²) in [5.74, 6) is -1.26. The highest BCUT2D eigenvalue weighted by Crippen LogP contribution is 2.30. The zero-order chi connectivity index (χ0) is 13.5. The van der Waals surface area contributed by atoms with E-state index in [1.165, 1.54) is 0 Å². The molecule has 0 spiro atoms. The van der Waals surface area contributed by atoms with E-state index < -0.39 is 5.97 Å². The molecule has 0 bridgehead atoms. The lowest BCUT2D eigenvalue weighted by atomic mass is 9.80. The van der Waals surface area contributed by atoms with E-state index in [2.05, 4.69) is 0 Å². The Morgan fingerprint density at radius 2 is 1.94 bits per heavy atom. The van der Waals surface area contributed by atoms with Crippen molar-refractivity contribution in [2.45, 2.75) is 39.0 Å². The number of aliphatic hydroxyl groups excluding tert-OH is 1. The van der Waals surface area contributed by atoms with Gasteiger partial charge in [-0.05, 0) is 32.6 Å². The molecule has 2 N–H and O–H groups in total. The zero-order valence-corrected chi connectivity index (χ0v) is 11.0. The predicted molar refractivity (Wildman–Crippen MR) is 67.0 cm³/mol. The van der Waals surface area contributed by atoms with Crippen molar-refractivity contribution in [2.75, 3.05) is 19.7 Å². The normalized spacial score (nSPS) is 23.7. The average molecular weight is 257 g/mol. The van der Waals surface area contributed by atoms with Gasteiger partial charge in [0.15, 0.2) is 0 Å². The van der Waals surface area contributed by atoms with E-state index in [1.54, 1.807) is 4.90 Å². The van der Waals surface area contributed by atoms with Gasteiger partial charge in [0, 0.05) is 25.6 Å². The number of rotatable bonds is 6. The van der Waals surface area contributed by atoms with E-state index in [1.807, 2.05) is 6.92 Å². The summed E-state index contributed by atoms with van der Waals surface area (Å²) >= 11 is 0. The second-order valence-corrected chi connectivity index (χ2v) is 4.89. The van der Waals surface area contributed by atoms with Crippen molar-refractivity contribution in [1.29, 1.82) is 0 Å². The highest BCUT2D eigenvalue weighted by Gasteiger charge is 2.32. The summed E-state index contributed by atoms with van der Waals surface area (Å²) in [5, 5.41) is 17.8. The quantitative estimate of drug-likeness (QED) is 0.747. The Balaban J connectivity index is 2.55. The maximum absolute atomic E-state index is 12.3. The smallest absolute Gasteiger partial charge is 0.306 e. The van der Waals surface area contributed by atoms with Crippen LogP contribution in [0.15, 0.2) is 0 Å². The maximum Gasteiger partial charge on any atom is 0.306 e. The van der Waals surface area contributed by atoms with Gasteiger partial charge in [0.1, 0.15) is 0 Å². The predicted octanol–water partition coefficient (Wildman–Crippen LogP) is 1.11. The summed E-state index contributed by atoms with van der Waals surface area (Å²) in [6.07, 6.45) is 3.32. The van der Waals surface area contributed by atoms with Gasteiger partial charge in [0.05, 0.1) is 5.92 Å². The van der Waals surface area contributed by atoms with Gasteiger partial charge in [-0.25, -0.2) is 0 Å². The Hall–Kier alpha value is -1.10. The third-order valence-electron chi connectivity index (χ3n) is 3.65. The fraction of sp³-hybridized carbons (Fsp3) is 0.846. The molecule has 104 valence electrons. The van der Waals surface area contributed by atoms with Crippen molar-refractivity contribution < 1.29 is 19.8 Å². The number of carboxylic acids is 1. The molecule has 18 heavy (non-hydrogen) atoms. The summed E-state index contributed by atoms with van der Waals surface area (Å²) in [6.45, 7) is 3.16. The second kappa shape index (κ2) is 7.36. The van der Waals surface area contributed by atoms with E-state index in [0.29, 0.717) is 32.4 Å². The number of carboxylic acid groups (broad SMARTS) is 1. The highest BCUT2D eigenvalue weighted by atomic mass is 16.4. The van der Waals surface area contributed by atoms with E-state index in [4.69, 9.17) is 10.2 Å². The molecule has 0 aromatic rings. The van der Waals surface area contributed by atoms with Crippen LogP contribution >= 0.6 is 0 Å². The van der Waals surface area contributed by atoms with Crippen LogP contribution in [0.2, 0.25) is 0 Å². The Morgan fingerprint density at radius 1 is 1.28 bits per heavy atom. The lowest BCUT2D eigenvalue weighted by Gasteiger charge is -2.30. The number of amides is 1. The van der Waals surface area contributed by atoms with Crippen LogP contribution in [0.4, 0.5) is 0 Å². The van der Waals surface area contributed by atoms with Crippen molar-refractivity contribution in [3.63, 3.8) is 0 Å². The van der Waals surface area contributed by atoms with Crippen molar-refractivity contribution in [3.8, 4) is 0 Å². The lowest BCUT2D eigenvalue weighted by Crippen LogP contribution is -2.39. The van der Waals surface area contributed by atoms with Gasteiger partial charge < -0.3 is 15.1 Å². The standard InChI is InChI=1S/C13H23NO4/c1-2-14(7-4-8-15)12(16)10-5-3-6-11(9-10)13(17)18/h10-11,15H,2-9H2,1H3,(H,17,18). The molecule has 0 saturated heterocycles. The largest absolute Gasteiger partial charge is 0.481 e. The Labute approximate surface area is 108 Å². The molecule has 0 radical (unpaired) electrons. The molecular formula is C13H23NO4. The first-order valence-electron chi connectivity index (χ1n) is 6.72. The number of hydrogen-bond acceptors (Lipinski definition) is 3. The average Bonchev–Trinajstić information content (AvgIpc) is 2.39. The third kappa shape index (κ3) is 3.98. The molecule has 1 saturated carbocycles. The summed E-state index contributed by atoms with van der Waals surface area (Å²) < 4.78 is 0. The first-order valence-corrected chi connectivity index (χ1v) is 6.72. The molecule has 2 unspecified atom stereocenters. The van der Waals surface area contributed by atoms with E-state index in [0.717, 1.165) is 12.8 Å². The van der Waals surface area contributed by atoms with Crippen molar-refractivity contribution in [3.05, 3.63) is 0 Å². The van der Waals surface area contributed by atoms with Crippen LogP contribution in [0, 0.1) is 11.8 Å². The Morgan fingerprint density at radius 3 is 2.50 bits per heavy atom. The third-order valence-corrected chi connectivity index (χ3v) is 3.65. The minimum absolute atomic E-state index is 0.0527. The molecule has 2 atom stereocenters. The van der Waals surface area contributed by atoms with E-state index >= 15 is 0 Å². The number of hydrogen-bond donors (Lipinski definition) is 2. The molecule has 0 aromatic carbocycles. The summed E-state index contributed by atoms with van der Waals surface area (Å²) in [7, 11) is 0. The summed E-state index contributed by atoms with van der Waals surface area (Å²) in [4.78, 5) is 25.0. The SMILES string of the molecule is CCN(CCCO)C(=O)C1CCCC(C(=O)O)C1. The van der Waals surface area contributed by atoms with Crippen LogP contribution in [0.3, 0.4) is 0 Å². The number of aliphatic carboxylic acids is 1. The molecule has 0 heterocycles. The molecule has 1 rings (SSSR count). The van der Waals surface area contributed by atoms with Crippen molar-refractivity contribution in [2.24, 2.45) is 11.8 Å². The van der Waals surface area contributed by atoms with Crippen molar-refractivity contribution in [1.82, 2.24) is 4.90 Å². The summed E-state index contributed by atoms with van der Waals surface area (Å²) in [5.41, 5.74) is 0. The van der Waals surface area contributed by atoms with Gasteiger partial charge in [0.2, 0.25) is 5.91 Å². The van der Waals surface area contributed by atoms with Gasteiger partial charge in [-0.1, -0.05) is 6.42 Å². The summed E-state index contributed by atoms with van der Waals surface area (Å²) in [6, 6.07) is 0. The molecule has 5 heteroatoms. The van der Waals surface area contributed by atoms with Crippen LogP contribution in [0.5, 0.6) is 0 Å². The van der Waals surface area contributed by atoms with E-state index in [9.17, 15) is 9.59 Å². The van der Waals surface area contributed by atoms with Gasteiger partial charge in [-0.3, -0.25) is 9.59 Å². The Kier molecular flexibility index (Phi) is 6.12. The van der Waals surface area contributed by atoms with Gasteiger partial charge in [-0.15, -0.1) is 0 Å². The second-order valence-electron chi connectivity index (χ2n) is 4.89. The first kappa shape index (κ1) is 15.0. The first-order chi connectivity index (χ1) is 8.60. The van der Waals surface area contributed by atoms with Gasteiger partial charge in [0.25, 0.3) is 0 Å². The minimum Gasteiger partial charge on any atom is -0.481 e. The fourth-order valence-electron chi connectivity index (χ4n) is 2.58. The fourth-order valence-corrected chi connectivity index (χ4v) is 2.58. The maximum atomic E-state index is 12.3. The molecular weight excluding hydrogens is 234 g/mol. The number of aliphatic hydroxyl groups is 1. The molecule has 1 fully saturated rings. The van der Waals surface area contributed by atoms with E-state index in [-0.39, 0.29) is 24.3 Å². The van der Waals surface area contributed by atoms with Crippen LogP contribution in [-0.2, 0) is 9.59 Å². The number of carbonyl (C=O) groups excluding carboxylic acids is 1. The minimum atomic E-state index is -0.786. The van der Waals surface area contributed by atoms with Crippen LogP contribution < -0.4 is 0 Å². The Bertz CT molecular complexity index is 293. The van der Waals surface area contributed by atoms with Gasteiger partial charge >= 0.3 is 5.97 Å². The lowest BCUT2D eigenvalue weighted by molar-refractivity contribution is -0.145. The molecule has 0 aliphatic heterocycles.